The van der Waals surface area contributed by atoms with Crippen molar-refractivity contribution in [3.8, 4) is 10.4 Å². The number of halogens is 1. The summed E-state index contributed by atoms with van der Waals surface area (Å²) in [6, 6.07) is 6.93. The summed E-state index contributed by atoms with van der Waals surface area (Å²) in [5.41, 5.74) is 1.48. The van der Waals surface area contributed by atoms with Gasteiger partial charge in [-0.2, -0.15) is 0 Å². The van der Waals surface area contributed by atoms with E-state index in [1.54, 1.807) is 18.3 Å². The molecule has 2 rings (SSSR count). The van der Waals surface area contributed by atoms with E-state index in [4.69, 9.17) is 11.6 Å². The number of nitro benzene ring substituents is 1. The number of hydrogen-bond acceptors (Lipinski definition) is 3. The normalized spacial score (nSPS) is 11.6. The molecule has 0 unspecified atom stereocenters. The van der Waals surface area contributed by atoms with Crippen LogP contribution in [0.5, 0.6) is 0 Å². The SMILES string of the molecule is C/C=C\C=C/c1ccc(-c2cc([N+](=O)[O-])cc(C)c2Cl)s1. The Bertz CT molecular complexity index is 732. The van der Waals surface area contributed by atoms with E-state index >= 15 is 0 Å². The predicted molar refractivity (Wildman–Crippen MR) is 90.0 cm³/mol. The van der Waals surface area contributed by atoms with Gasteiger partial charge in [0, 0.05) is 27.5 Å². The largest absolute Gasteiger partial charge is 0.270 e. The van der Waals surface area contributed by atoms with Crippen molar-refractivity contribution in [2.24, 2.45) is 0 Å². The van der Waals surface area contributed by atoms with Crippen LogP contribution in [-0.4, -0.2) is 4.92 Å². The fourth-order valence-corrected chi connectivity index (χ4v) is 3.09. The lowest BCUT2D eigenvalue weighted by Crippen LogP contribution is -1.91. The second kappa shape index (κ2) is 6.70. The van der Waals surface area contributed by atoms with Gasteiger partial charge < -0.3 is 0 Å². The number of benzene rings is 1. The first-order valence-corrected chi connectivity index (χ1v) is 7.56. The summed E-state index contributed by atoms with van der Waals surface area (Å²) < 4.78 is 0. The molecular formula is C16H14ClNO2S. The zero-order valence-corrected chi connectivity index (χ0v) is 13.2. The van der Waals surface area contributed by atoms with E-state index in [1.165, 1.54) is 12.1 Å². The Labute approximate surface area is 132 Å². The number of aryl methyl sites for hydroxylation is 1. The van der Waals surface area contributed by atoms with Gasteiger partial charge in [-0.3, -0.25) is 10.1 Å². The highest BCUT2D eigenvalue weighted by atomic mass is 35.5. The molecule has 5 heteroatoms. The Morgan fingerprint density at radius 3 is 2.71 bits per heavy atom. The first-order chi connectivity index (χ1) is 10.0. The Hall–Kier alpha value is -1.91. The summed E-state index contributed by atoms with van der Waals surface area (Å²) >= 11 is 7.85. The highest BCUT2D eigenvalue weighted by Crippen LogP contribution is 2.38. The Morgan fingerprint density at radius 2 is 2.05 bits per heavy atom. The molecule has 1 aromatic carbocycles. The molecule has 0 aliphatic rings. The zero-order chi connectivity index (χ0) is 15.4. The first-order valence-electron chi connectivity index (χ1n) is 6.37. The number of hydrogen-bond donors (Lipinski definition) is 0. The monoisotopic (exact) mass is 319 g/mol. The molecule has 0 radical (unpaired) electrons. The zero-order valence-electron chi connectivity index (χ0n) is 11.7. The average Bonchev–Trinajstić information content (AvgIpc) is 2.90. The van der Waals surface area contributed by atoms with E-state index < -0.39 is 4.92 Å². The molecule has 0 bridgehead atoms. The van der Waals surface area contributed by atoms with Crippen LogP contribution in [0.3, 0.4) is 0 Å². The fourth-order valence-electron chi connectivity index (χ4n) is 1.88. The minimum atomic E-state index is -0.396. The molecule has 0 atom stereocenters. The van der Waals surface area contributed by atoms with E-state index in [9.17, 15) is 10.1 Å². The van der Waals surface area contributed by atoms with Crippen molar-refractivity contribution >= 4 is 34.7 Å². The number of nitro groups is 1. The van der Waals surface area contributed by atoms with Crippen LogP contribution < -0.4 is 0 Å². The van der Waals surface area contributed by atoms with Gasteiger partial charge in [-0.05, 0) is 37.6 Å². The molecule has 0 saturated carbocycles. The van der Waals surface area contributed by atoms with Crippen LogP contribution >= 0.6 is 22.9 Å². The van der Waals surface area contributed by atoms with E-state index in [0.29, 0.717) is 16.1 Å². The van der Waals surface area contributed by atoms with Gasteiger partial charge >= 0.3 is 0 Å². The topological polar surface area (TPSA) is 43.1 Å². The fraction of sp³-hybridized carbons (Fsp3) is 0.125. The summed E-state index contributed by atoms with van der Waals surface area (Å²) in [4.78, 5) is 12.6. The molecule has 0 saturated heterocycles. The smallest absolute Gasteiger partial charge is 0.258 e. The Balaban J connectivity index is 2.44. The van der Waals surface area contributed by atoms with Crippen LogP contribution in [0.2, 0.25) is 5.02 Å². The van der Waals surface area contributed by atoms with Crippen LogP contribution in [0.25, 0.3) is 16.5 Å². The summed E-state index contributed by atoms with van der Waals surface area (Å²) in [6.45, 7) is 3.73. The lowest BCUT2D eigenvalue weighted by molar-refractivity contribution is -0.384. The molecule has 0 amide bonds. The highest BCUT2D eigenvalue weighted by Gasteiger charge is 2.15. The third-order valence-electron chi connectivity index (χ3n) is 2.91. The van der Waals surface area contributed by atoms with E-state index in [0.717, 1.165) is 9.75 Å². The molecule has 0 aliphatic heterocycles. The Kier molecular flexibility index (Phi) is 4.94. The molecular weight excluding hydrogens is 306 g/mol. The lowest BCUT2D eigenvalue weighted by atomic mass is 10.1. The minimum Gasteiger partial charge on any atom is -0.258 e. The van der Waals surface area contributed by atoms with Crippen molar-refractivity contribution in [2.45, 2.75) is 13.8 Å². The number of rotatable bonds is 4. The van der Waals surface area contributed by atoms with Crippen molar-refractivity contribution in [1.82, 2.24) is 0 Å². The third-order valence-corrected chi connectivity index (χ3v) is 4.49. The van der Waals surface area contributed by atoms with E-state index in [1.807, 2.05) is 43.4 Å². The summed E-state index contributed by atoms with van der Waals surface area (Å²) in [7, 11) is 0. The van der Waals surface area contributed by atoms with Gasteiger partial charge in [-0.25, -0.2) is 0 Å². The van der Waals surface area contributed by atoms with Gasteiger partial charge in [0.15, 0.2) is 0 Å². The van der Waals surface area contributed by atoms with Crippen molar-refractivity contribution in [1.29, 1.82) is 0 Å². The van der Waals surface area contributed by atoms with Crippen molar-refractivity contribution in [2.75, 3.05) is 0 Å². The van der Waals surface area contributed by atoms with Gasteiger partial charge in [0.1, 0.15) is 0 Å². The van der Waals surface area contributed by atoms with Gasteiger partial charge in [0.05, 0.1) is 9.95 Å². The first kappa shape index (κ1) is 15.5. The second-order valence-electron chi connectivity index (χ2n) is 4.47. The van der Waals surface area contributed by atoms with Crippen molar-refractivity contribution < 1.29 is 4.92 Å². The molecule has 0 N–H and O–H groups in total. The summed E-state index contributed by atoms with van der Waals surface area (Å²) in [6.07, 6.45) is 7.85. The average molecular weight is 320 g/mol. The minimum absolute atomic E-state index is 0.0614. The van der Waals surface area contributed by atoms with Gasteiger partial charge in [-0.1, -0.05) is 29.8 Å². The second-order valence-corrected chi connectivity index (χ2v) is 5.96. The van der Waals surface area contributed by atoms with Gasteiger partial charge in [0.2, 0.25) is 0 Å². The van der Waals surface area contributed by atoms with E-state index in [2.05, 4.69) is 0 Å². The highest BCUT2D eigenvalue weighted by molar-refractivity contribution is 7.16. The van der Waals surface area contributed by atoms with E-state index in [-0.39, 0.29) is 5.69 Å². The number of allylic oxidation sites excluding steroid dienone is 3. The lowest BCUT2D eigenvalue weighted by Gasteiger charge is -2.05. The summed E-state index contributed by atoms with van der Waals surface area (Å²) in [5, 5.41) is 11.5. The number of thiophene rings is 1. The molecule has 0 fully saturated rings. The third kappa shape index (κ3) is 3.60. The maximum atomic E-state index is 11.0. The van der Waals surface area contributed by atoms with Crippen molar-refractivity contribution in [3.05, 3.63) is 68.1 Å². The standard InChI is InChI=1S/C16H14ClNO2S/c1-3-4-5-6-13-7-8-15(21-13)14-10-12(18(19)20)9-11(2)16(14)17/h3-10H,1-2H3/b4-3-,6-5-. The van der Waals surface area contributed by atoms with Crippen LogP contribution in [0.4, 0.5) is 5.69 Å². The predicted octanol–water partition coefficient (Wildman–Crippen LogP) is 5.87. The number of nitrogens with zero attached hydrogens (tertiary/aromatic N) is 1. The molecule has 0 aliphatic carbocycles. The van der Waals surface area contributed by atoms with Crippen molar-refractivity contribution in [3.63, 3.8) is 0 Å². The molecule has 0 spiro atoms. The molecule has 1 aromatic heterocycles. The maximum Gasteiger partial charge on any atom is 0.270 e. The molecule has 1 heterocycles. The quantitative estimate of drug-likeness (QED) is 0.401. The van der Waals surface area contributed by atoms with Crippen LogP contribution in [0.15, 0.2) is 42.5 Å². The summed E-state index contributed by atoms with van der Waals surface area (Å²) in [5.74, 6) is 0. The van der Waals surface area contributed by atoms with Gasteiger partial charge in [0.25, 0.3) is 5.69 Å². The molecule has 2 aromatic rings. The number of non-ortho nitro benzene ring substituents is 1. The van der Waals surface area contributed by atoms with Crippen LogP contribution in [0, 0.1) is 17.0 Å². The van der Waals surface area contributed by atoms with Crippen LogP contribution in [0.1, 0.15) is 17.4 Å². The van der Waals surface area contributed by atoms with Crippen LogP contribution in [-0.2, 0) is 0 Å². The maximum absolute atomic E-state index is 11.0. The molecule has 3 nitrogen and oxygen atoms in total. The molecule has 21 heavy (non-hydrogen) atoms. The van der Waals surface area contributed by atoms with Gasteiger partial charge in [-0.15, -0.1) is 11.3 Å². The Morgan fingerprint density at radius 1 is 1.29 bits per heavy atom. The molecule has 108 valence electrons.